The molecule has 0 N–H and O–H groups in total. The van der Waals surface area contributed by atoms with Crippen LogP contribution in [-0.2, 0) is 17.9 Å². The Labute approximate surface area is 153 Å². The molecular formula is C19H23N3O2S. The van der Waals surface area contributed by atoms with Crippen molar-refractivity contribution in [2.24, 2.45) is 0 Å². The van der Waals surface area contributed by atoms with Gasteiger partial charge in [-0.3, -0.25) is 4.79 Å². The maximum atomic E-state index is 12.6. The van der Waals surface area contributed by atoms with Crippen LogP contribution in [0.15, 0.2) is 17.2 Å². The maximum absolute atomic E-state index is 12.6. The molecule has 0 saturated heterocycles. The van der Waals surface area contributed by atoms with Crippen molar-refractivity contribution >= 4 is 17.5 Å². The summed E-state index contributed by atoms with van der Waals surface area (Å²) in [6.07, 6.45) is 0. The molecule has 6 heteroatoms. The third-order valence-electron chi connectivity index (χ3n) is 4.14. The van der Waals surface area contributed by atoms with E-state index >= 15 is 0 Å². The normalized spacial score (nSPS) is 10.7. The molecule has 2 rings (SSSR count). The molecule has 0 aliphatic rings. The average molecular weight is 357 g/mol. The first-order valence-electron chi connectivity index (χ1n) is 8.15. The highest BCUT2D eigenvalue weighted by atomic mass is 32.2. The second-order valence-electron chi connectivity index (χ2n) is 5.89. The second-order valence-corrected chi connectivity index (χ2v) is 6.85. The molecule has 132 valence electrons. The van der Waals surface area contributed by atoms with Gasteiger partial charge in [0.05, 0.1) is 17.9 Å². The molecule has 0 radical (unpaired) electrons. The van der Waals surface area contributed by atoms with Crippen molar-refractivity contribution in [1.29, 1.82) is 5.26 Å². The summed E-state index contributed by atoms with van der Waals surface area (Å²) < 4.78 is 7.29. The lowest BCUT2D eigenvalue weighted by atomic mass is 10.1. The standard InChI is InChI=1S/C19H23N3O2S/c1-6-22-13(3)8-16(14(22)4)18(23)11-25-19-17(9-20)15(10-24-5)7-12(2)21-19/h7-8H,6,10-11H2,1-5H3. The number of rotatable bonds is 7. The lowest BCUT2D eigenvalue weighted by molar-refractivity contribution is 0.102. The number of hydrogen-bond donors (Lipinski definition) is 0. The van der Waals surface area contributed by atoms with Crippen molar-refractivity contribution in [3.8, 4) is 6.07 Å². The van der Waals surface area contributed by atoms with Crippen LogP contribution in [0.25, 0.3) is 0 Å². The first-order valence-corrected chi connectivity index (χ1v) is 9.13. The zero-order chi connectivity index (χ0) is 18.6. The van der Waals surface area contributed by atoms with E-state index < -0.39 is 0 Å². The van der Waals surface area contributed by atoms with Crippen LogP contribution in [-0.4, -0.2) is 28.2 Å². The monoisotopic (exact) mass is 357 g/mol. The van der Waals surface area contributed by atoms with Gasteiger partial charge in [0.25, 0.3) is 0 Å². The number of carbonyl (C=O) groups is 1. The summed E-state index contributed by atoms with van der Waals surface area (Å²) in [5.74, 6) is 0.309. The Balaban J connectivity index is 2.24. The fourth-order valence-corrected chi connectivity index (χ4v) is 3.94. The van der Waals surface area contributed by atoms with Gasteiger partial charge in [-0.15, -0.1) is 0 Å². The van der Waals surface area contributed by atoms with E-state index in [9.17, 15) is 10.1 Å². The highest BCUT2D eigenvalue weighted by Gasteiger charge is 2.18. The van der Waals surface area contributed by atoms with Gasteiger partial charge >= 0.3 is 0 Å². The first-order chi connectivity index (χ1) is 11.9. The van der Waals surface area contributed by atoms with Gasteiger partial charge < -0.3 is 9.30 Å². The number of carbonyl (C=O) groups excluding carboxylic acids is 1. The molecule has 5 nitrogen and oxygen atoms in total. The van der Waals surface area contributed by atoms with E-state index in [1.54, 1.807) is 7.11 Å². The minimum Gasteiger partial charge on any atom is -0.380 e. The molecule has 0 aliphatic heterocycles. The summed E-state index contributed by atoms with van der Waals surface area (Å²) in [6, 6.07) is 5.98. The van der Waals surface area contributed by atoms with Gasteiger partial charge in [-0.2, -0.15) is 5.26 Å². The number of Topliss-reactive ketones (excluding diaryl/α,β-unsaturated/α-hetero) is 1. The van der Waals surface area contributed by atoms with E-state index in [0.29, 0.717) is 17.2 Å². The molecule has 0 saturated carbocycles. The number of methoxy groups -OCH3 is 1. The smallest absolute Gasteiger partial charge is 0.174 e. The Morgan fingerprint density at radius 1 is 1.36 bits per heavy atom. The number of nitriles is 1. The van der Waals surface area contributed by atoms with Crippen LogP contribution in [0.5, 0.6) is 0 Å². The average Bonchev–Trinajstić information content (AvgIpc) is 2.86. The molecule has 0 bridgehead atoms. The van der Waals surface area contributed by atoms with Gasteiger partial charge in [0.2, 0.25) is 0 Å². The number of thioether (sulfide) groups is 1. The highest BCUT2D eigenvalue weighted by molar-refractivity contribution is 8.00. The number of aromatic nitrogens is 2. The van der Waals surface area contributed by atoms with Crippen LogP contribution in [0.2, 0.25) is 0 Å². The van der Waals surface area contributed by atoms with Gasteiger partial charge in [0, 0.05) is 36.3 Å². The topological polar surface area (TPSA) is 67.9 Å². The minimum atomic E-state index is 0.0540. The predicted octanol–water partition coefficient (Wildman–Crippen LogP) is 3.82. The summed E-state index contributed by atoms with van der Waals surface area (Å²) in [4.78, 5) is 17.1. The molecule has 2 aromatic heterocycles. The second kappa shape index (κ2) is 8.32. The van der Waals surface area contributed by atoms with Crippen LogP contribution < -0.4 is 0 Å². The Hall–Kier alpha value is -2.10. The maximum Gasteiger partial charge on any atom is 0.174 e. The SMILES string of the molecule is CCn1c(C)cc(C(=O)CSc2nc(C)cc(COC)c2C#N)c1C. The van der Waals surface area contributed by atoms with Gasteiger partial charge in [-0.25, -0.2) is 4.98 Å². The molecule has 25 heavy (non-hydrogen) atoms. The van der Waals surface area contributed by atoms with Crippen molar-refractivity contribution < 1.29 is 9.53 Å². The quantitative estimate of drug-likeness (QED) is 0.556. The third kappa shape index (κ3) is 4.12. The molecule has 0 fully saturated rings. The van der Waals surface area contributed by atoms with E-state index in [4.69, 9.17) is 4.74 Å². The van der Waals surface area contributed by atoms with E-state index in [0.717, 1.165) is 34.8 Å². The van der Waals surface area contributed by atoms with Crippen molar-refractivity contribution in [3.63, 3.8) is 0 Å². The Morgan fingerprint density at radius 3 is 2.64 bits per heavy atom. The number of ether oxygens (including phenoxy) is 1. The van der Waals surface area contributed by atoms with Crippen molar-refractivity contribution in [2.45, 2.75) is 45.9 Å². The third-order valence-corrected chi connectivity index (χ3v) is 5.11. The zero-order valence-electron chi connectivity index (χ0n) is 15.3. The van der Waals surface area contributed by atoms with Crippen molar-refractivity contribution in [1.82, 2.24) is 9.55 Å². The highest BCUT2D eigenvalue weighted by Crippen LogP contribution is 2.26. The zero-order valence-corrected chi connectivity index (χ0v) is 16.2. The predicted molar refractivity (Wildman–Crippen MR) is 99.0 cm³/mol. The Bertz CT molecular complexity index is 834. The van der Waals surface area contributed by atoms with Crippen LogP contribution in [0.4, 0.5) is 0 Å². The van der Waals surface area contributed by atoms with E-state index in [-0.39, 0.29) is 11.5 Å². The molecule has 0 aromatic carbocycles. The minimum absolute atomic E-state index is 0.0540. The fourth-order valence-electron chi connectivity index (χ4n) is 2.99. The molecule has 0 atom stereocenters. The fraction of sp³-hybridized carbons (Fsp3) is 0.421. The van der Waals surface area contributed by atoms with E-state index in [1.807, 2.05) is 32.9 Å². The molecule has 0 aliphatic carbocycles. The van der Waals surface area contributed by atoms with Gasteiger partial charge in [-0.1, -0.05) is 11.8 Å². The number of nitrogens with zero attached hydrogens (tertiary/aromatic N) is 3. The van der Waals surface area contributed by atoms with Crippen LogP contribution >= 0.6 is 11.8 Å². The van der Waals surface area contributed by atoms with Gasteiger partial charge in [0.15, 0.2) is 5.78 Å². The van der Waals surface area contributed by atoms with Crippen LogP contribution in [0, 0.1) is 32.1 Å². The number of hydrogen-bond acceptors (Lipinski definition) is 5. The first kappa shape index (κ1) is 19.2. The lowest BCUT2D eigenvalue weighted by Gasteiger charge is -2.09. The van der Waals surface area contributed by atoms with Crippen LogP contribution in [0.3, 0.4) is 0 Å². The molecule has 0 amide bonds. The summed E-state index contributed by atoms with van der Waals surface area (Å²) in [5.41, 5.74) is 4.92. The molecule has 2 aromatic rings. The number of ketones is 1. The summed E-state index contributed by atoms with van der Waals surface area (Å²) in [5, 5.41) is 10.1. The molecule has 0 unspecified atom stereocenters. The summed E-state index contributed by atoms with van der Waals surface area (Å²) in [6.45, 7) is 9.11. The molecular weight excluding hydrogens is 334 g/mol. The molecule has 0 spiro atoms. The molecule has 2 heterocycles. The largest absolute Gasteiger partial charge is 0.380 e. The van der Waals surface area contributed by atoms with Gasteiger partial charge in [-0.05, 0) is 45.4 Å². The van der Waals surface area contributed by atoms with Gasteiger partial charge in [0.1, 0.15) is 11.1 Å². The van der Waals surface area contributed by atoms with Crippen molar-refractivity contribution in [2.75, 3.05) is 12.9 Å². The van der Waals surface area contributed by atoms with E-state index in [2.05, 4.69) is 22.5 Å². The Morgan fingerprint density at radius 2 is 2.08 bits per heavy atom. The van der Waals surface area contributed by atoms with Crippen LogP contribution in [0.1, 0.15) is 45.5 Å². The van der Waals surface area contributed by atoms with Crippen molar-refractivity contribution in [3.05, 3.63) is 45.9 Å². The van der Waals surface area contributed by atoms with E-state index in [1.165, 1.54) is 11.8 Å². The number of pyridine rings is 1. The summed E-state index contributed by atoms with van der Waals surface area (Å²) >= 11 is 1.31. The Kier molecular flexibility index (Phi) is 6.40. The number of aryl methyl sites for hydroxylation is 2. The lowest BCUT2D eigenvalue weighted by Crippen LogP contribution is -2.07. The summed E-state index contributed by atoms with van der Waals surface area (Å²) in [7, 11) is 1.59.